The van der Waals surface area contributed by atoms with Crippen LogP contribution in [0.5, 0.6) is 5.75 Å². The molecule has 0 spiro atoms. The van der Waals surface area contributed by atoms with Crippen molar-refractivity contribution in [1.29, 1.82) is 0 Å². The van der Waals surface area contributed by atoms with Gasteiger partial charge in [0.1, 0.15) is 12.4 Å². The molecular formula is C14H18N2O. The van der Waals surface area contributed by atoms with Gasteiger partial charge in [-0.1, -0.05) is 24.6 Å². The summed E-state index contributed by atoms with van der Waals surface area (Å²) in [6, 6.07) is 8.54. The Balaban J connectivity index is 1.72. The van der Waals surface area contributed by atoms with Crippen LogP contribution in [0.4, 0.5) is 0 Å². The molecule has 17 heavy (non-hydrogen) atoms. The van der Waals surface area contributed by atoms with Gasteiger partial charge in [-0.15, -0.1) is 0 Å². The van der Waals surface area contributed by atoms with E-state index in [-0.39, 0.29) is 6.04 Å². The number of nitrogens with zero attached hydrogens (tertiary/aromatic N) is 1. The number of ether oxygens (including phenoxy) is 1. The van der Waals surface area contributed by atoms with Crippen LogP contribution in [0.3, 0.4) is 0 Å². The molecule has 0 bridgehead atoms. The third-order valence-electron chi connectivity index (χ3n) is 3.42. The molecule has 0 saturated carbocycles. The Morgan fingerprint density at radius 2 is 2.12 bits per heavy atom. The molecule has 90 valence electrons. The maximum absolute atomic E-state index is 5.67. The van der Waals surface area contributed by atoms with Crippen molar-refractivity contribution in [2.24, 2.45) is 4.99 Å². The lowest BCUT2D eigenvalue weighted by Gasteiger charge is -2.14. The molecule has 2 aliphatic rings. The summed E-state index contributed by atoms with van der Waals surface area (Å²) in [5.74, 6) is 2.17. The van der Waals surface area contributed by atoms with Crippen molar-refractivity contribution in [3.63, 3.8) is 0 Å². The number of aliphatic imine (C=N–C) groups is 1. The highest BCUT2D eigenvalue weighted by atomic mass is 16.5. The Morgan fingerprint density at radius 3 is 3.12 bits per heavy atom. The Labute approximate surface area is 102 Å². The normalized spacial score (nSPS) is 23.3. The first-order chi connectivity index (χ1) is 8.43. The minimum absolute atomic E-state index is 0.281. The van der Waals surface area contributed by atoms with E-state index in [1.54, 1.807) is 0 Å². The van der Waals surface area contributed by atoms with Crippen molar-refractivity contribution in [1.82, 2.24) is 5.32 Å². The van der Waals surface area contributed by atoms with Gasteiger partial charge in [0.05, 0.1) is 11.9 Å². The fourth-order valence-corrected chi connectivity index (χ4v) is 2.48. The fourth-order valence-electron chi connectivity index (χ4n) is 2.48. The van der Waals surface area contributed by atoms with E-state index in [0.717, 1.165) is 31.2 Å². The summed E-state index contributed by atoms with van der Waals surface area (Å²) >= 11 is 0. The molecule has 2 heterocycles. The lowest BCUT2D eigenvalue weighted by Crippen LogP contribution is -2.29. The van der Waals surface area contributed by atoms with Crippen molar-refractivity contribution in [3.05, 3.63) is 29.8 Å². The van der Waals surface area contributed by atoms with E-state index in [1.807, 2.05) is 12.1 Å². The van der Waals surface area contributed by atoms with Gasteiger partial charge in [-0.3, -0.25) is 4.99 Å². The number of hydrogen-bond donors (Lipinski definition) is 1. The first-order valence-electron chi connectivity index (χ1n) is 6.45. The molecule has 1 aromatic carbocycles. The monoisotopic (exact) mass is 230 g/mol. The van der Waals surface area contributed by atoms with E-state index in [0.29, 0.717) is 0 Å². The van der Waals surface area contributed by atoms with E-state index >= 15 is 0 Å². The second kappa shape index (κ2) is 4.78. The molecular weight excluding hydrogens is 212 g/mol. The van der Waals surface area contributed by atoms with Crippen molar-refractivity contribution >= 4 is 5.84 Å². The second-order valence-electron chi connectivity index (χ2n) is 4.68. The molecule has 2 aliphatic heterocycles. The summed E-state index contributed by atoms with van der Waals surface area (Å²) in [5, 5.41) is 3.54. The van der Waals surface area contributed by atoms with Crippen LogP contribution < -0.4 is 10.1 Å². The van der Waals surface area contributed by atoms with Gasteiger partial charge < -0.3 is 10.1 Å². The lowest BCUT2D eigenvalue weighted by atomic mass is 10.1. The fraction of sp³-hybridized carbons (Fsp3) is 0.500. The van der Waals surface area contributed by atoms with Gasteiger partial charge >= 0.3 is 0 Å². The predicted octanol–water partition coefficient (Wildman–Crippen LogP) is 2.68. The van der Waals surface area contributed by atoms with Crippen LogP contribution in [0, 0.1) is 0 Å². The van der Waals surface area contributed by atoms with Crippen LogP contribution in [-0.4, -0.2) is 19.0 Å². The molecule has 1 unspecified atom stereocenters. The van der Waals surface area contributed by atoms with E-state index in [2.05, 4.69) is 22.4 Å². The average Bonchev–Trinajstić information content (AvgIpc) is 2.59. The van der Waals surface area contributed by atoms with Crippen molar-refractivity contribution < 1.29 is 4.74 Å². The molecule has 0 amide bonds. The molecule has 1 atom stereocenters. The summed E-state index contributed by atoms with van der Waals surface area (Å²) in [6.45, 7) is 1.69. The number of fused-ring (bicyclic) bond motifs is 1. The van der Waals surface area contributed by atoms with Crippen molar-refractivity contribution in [2.75, 3.05) is 13.2 Å². The maximum Gasteiger partial charge on any atom is 0.124 e. The van der Waals surface area contributed by atoms with Gasteiger partial charge in [-0.2, -0.15) is 0 Å². The highest BCUT2D eigenvalue weighted by Gasteiger charge is 2.24. The number of nitrogens with one attached hydrogen (secondary N) is 1. The molecule has 3 nitrogen and oxygen atoms in total. The highest BCUT2D eigenvalue weighted by molar-refractivity contribution is 5.83. The molecule has 1 N–H and O–H groups in total. The summed E-state index contributed by atoms with van der Waals surface area (Å²) in [6.07, 6.45) is 4.86. The summed E-state index contributed by atoms with van der Waals surface area (Å²) in [5.41, 5.74) is 1.26. The zero-order valence-electron chi connectivity index (χ0n) is 9.98. The predicted molar refractivity (Wildman–Crippen MR) is 68.6 cm³/mol. The van der Waals surface area contributed by atoms with Crippen LogP contribution in [0.25, 0.3) is 0 Å². The molecule has 1 aromatic rings. The summed E-state index contributed by atoms with van der Waals surface area (Å²) < 4.78 is 5.67. The van der Waals surface area contributed by atoms with Gasteiger partial charge in [0.15, 0.2) is 0 Å². The number of para-hydroxylation sites is 1. The SMILES string of the molecule is c1ccc2c(c1)OCC2NC1=NCCCCC1. The molecule has 0 radical (unpaired) electrons. The van der Waals surface area contributed by atoms with Crippen LogP contribution in [-0.2, 0) is 0 Å². The Bertz CT molecular complexity index is 428. The quantitative estimate of drug-likeness (QED) is 0.804. The Hall–Kier alpha value is -1.51. The minimum atomic E-state index is 0.281. The van der Waals surface area contributed by atoms with E-state index < -0.39 is 0 Å². The molecule has 0 saturated heterocycles. The van der Waals surface area contributed by atoms with Crippen LogP contribution in [0.15, 0.2) is 29.3 Å². The average molecular weight is 230 g/mol. The smallest absolute Gasteiger partial charge is 0.124 e. The Kier molecular flexibility index (Phi) is 2.99. The largest absolute Gasteiger partial charge is 0.491 e. The second-order valence-corrected chi connectivity index (χ2v) is 4.68. The van der Waals surface area contributed by atoms with Gasteiger partial charge in [0.25, 0.3) is 0 Å². The summed E-state index contributed by atoms with van der Waals surface area (Å²) in [7, 11) is 0. The third-order valence-corrected chi connectivity index (χ3v) is 3.42. The van der Waals surface area contributed by atoms with Gasteiger partial charge in [-0.05, 0) is 18.9 Å². The molecule has 3 rings (SSSR count). The number of amidine groups is 1. The minimum Gasteiger partial charge on any atom is -0.491 e. The first kappa shape index (κ1) is 10.6. The molecule has 3 heteroatoms. The van der Waals surface area contributed by atoms with Gasteiger partial charge in [0.2, 0.25) is 0 Å². The number of rotatable bonds is 1. The van der Waals surface area contributed by atoms with E-state index in [9.17, 15) is 0 Å². The van der Waals surface area contributed by atoms with Gasteiger partial charge in [-0.25, -0.2) is 0 Å². The van der Waals surface area contributed by atoms with Crippen LogP contribution in [0.1, 0.15) is 37.3 Å². The lowest BCUT2D eigenvalue weighted by molar-refractivity contribution is 0.324. The molecule has 0 aromatic heterocycles. The van der Waals surface area contributed by atoms with Gasteiger partial charge in [0, 0.05) is 18.5 Å². The van der Waals surface area contributed by atoms with Crippen LogP contribution in [0.2, 0.25) is 0 Å². The topological polar surface area (TPSA) is 33.6 Å². The van der Waals surface area contributed by atoms with Crippen molar-refractivity contribution in [3.8, 4) is 5.75 Å². The zero-order chi connectivity index (χ0) is 11.5. The summed E-state index contributed by atoms with van der Waals surface area (Å²) in [4.78, 5) is 4.61. The molecule has 0 fully saturated rings. The molecule has 0 aliphatic carbocycles. The van der Waals surface area contributed by atoms with Crippen molar-refractivity contribution in [2.45, 2.75) is 31.7 Å². The standard InChI is InChI=1S/C14H18N2O/c1-2-8-14(15-9-5-1)16-12-10-17-13-7-4-3-6-11(12)13/h3-4,6-7,12H,1-2,5,8-10H2,(H,15,16). The third kappa shape index (κ3) is 2.28. The van der Waals surface area contributed by atoms with E-state index in [4.69, 9.17) is 4.74 Å². The number of benzene rings is 1. The van der Waals surface area contributed by atoms with E-state index in [1.165, 1.54) is 24.8 Å². The first-order valence-corrected chi connectivity index (χ1v) is 6.45. The maximum atomic E-state index is 5.67. The Morgan fingerprint density at radius 1 is 1.18 bits per heavy atom. The zero-order valence-corrected chi connectivity index (χ0v) is 9.98. The number of hydrogen-bond acceptors (Lipinski definition) is 3. The highest BCUT2D eigenvalue weighted by Crippen LogP contribution is 2.31. The van der Waals surface area contributed by atoms with Crippen LogP contribution >= 0.6 is 0 Å².